The lowest BCUT2D eigenvalue weighted by Crippen LogP contribution is -3.00. The average molecular weight is 396 g/mol. The molecule has 1 saturated heterocycles. The van der Waals surface area contributed by atoms with Crippen molar-refractivity contribution in [3.63, 3.8) is 0 Å². The number of nitrogens with zero attached hydrogens (tertiary/aromatic N) is 6. The Kier molecular flexibility index (Phi) is 7.03. The van der Waals surface area contributed by atoms with Crippen LogP contribution in [0, 0.1) is 0 Å². The van der Waals surface area contributed by atoms with E-state index in [1.165, 1.54) is 43.6 Å². The summed E-state index contributed by atoms with van der Waals surface area (Å²) in [6.45, 7) is 7.65. The van der Waals surface area contributed by atoms with Crippen LogP contribution >= 0.6 is 11.3 Å². The van der Waals surface area contributed by atoms with Crippen LogP contribution in [0.3, 0.4) is 0 Å². The Labute approximate surface area is 166 Å². The van der Waals surface area contributed by atoms with E-state index in [1.807, 2.05) is 4.68 Å². The number of aromatic nitrogens is 4. The summed E-state index contributed by atoms with van der Waals surface area (Å²) in [6, 6.07) is 5.40. The number of piperazine rings is 1. The van der Waals surface area contributed by atoms with Crippen LogP contribution in [0.4, 0.5) is 0 Å². The average Bonchev–Trinajstić information content (AvgIpc) is 3.40. The van der Waals surface area contributed by atoms with Crippen LogP contribution in [0.5, 0.6) is 0 Å². The highest BCUT2D eigenvalue weighted by Crippen LogP contribution is 2.28. The molecule has 2 aliphatic rings. The highest BCUT2D eigenvalue weighted by atomic mass is 35.5. The molecule has 2 aromatic heterocycles. The molecule has 1 saturated carbocycles. The van der Waals surface area contributed by atoms with E-state index in [9.17, 15) is 0 Å². The fourth-order valence-electron chi connectivity index (χ4n) is 4.40. The molecule has 4 rings (SSSR count). The summed E-state index contributed by atoms with van der Waals surface area (Å²) in [5.74, 6) is 1.02. The van der Waals surface area contributed by atoms with E-state index in [2.05, 4.69) is 49.8 Å². The van der Waals surface area contributed by atoms with Crippen LogP contribution < -0.4 is 12.4 Å². The smallest absolute Gasteiger partial charge is 0.168 e. The number of thiophene rings is 1. The molecule has 3 heterocycles. The Morgan fingerprint density at radius 2 is 1.96 bits per heavy atom. The predicted molar refractivity (Wildman–Crippen MR) is 99.7 cm³/mol. The molecular formula is C18H28ClN6S-. The highest BCUT2D eigenvalue weighted by molar-refractivity contribution is 7.09. The van der Waals surface area contributed by atoms with Gasteiger partial charge < -0.3 is 12.4 Å². The Bertz CT molecular complexity index is 646. The van der Waals surface area contributed by atoms with Crippen LogP contribution in [0.1, 0.15) is 55.8 Å². The Hall–Kier alpha value is -1.02. The molecule has 0 aromatic carbocycles. The minimum absolute atomic E-state index is 0. The largest absolute Gasteiger partial charge is 1.00 e. The van der Waals surface area contributed by atoms with Gasteiger partial charge >= 0.3 is 0 Å². The molecule has 1 unspecified atom stereocenters. The first-order valence-corrected chi connectivity index (χ1v) is 10.5. The molecular weight excluding hydrogens is 368 g/mol. The van der Waals surface area contributed by atoms with Gasteiger partial charge in [-0.3, -0.25) is 9.80 Å². The number of halogens is 1. The lowest BCUT2D eigenvalue weighted by Gasteiger charge is -2.40. The molecule has 1 atom stereocenters. The summed E-state index contributed by atoms with van der Waals surface area (Å²) in [7, 11) is 0. The van der Waals surface area contributed by atoms with Crippen molar-refractivity contribution < 1.29 is 12.4 Å². The van der Waals surface area contributed by atoms with E-state index >= 15 is 0 Å². The summed E-state index contributed by atoms with van der Waals surface area (Å²) >= 11 is 1.76. The van der Waals surface area contributed by atoms with Gasteiger partial charge in [-0.05, 0) is 41.1 Å². The van der Waals surface area contributed by atoms with Gasteiger partial charge in [-0.2, -0.15) is 0 Å². The van der Waals surface area contributed by atoms with E-state index in [-0.39, 0.29) is 12.4 Å². The molecule has 2 aromatic rings. The maximum Gasteiger partial charge on any atom is 0.168 e. The Balaban J connectivity index is 0.00000196. The molecule has 0 bridgehead atoms. The monoisotopic (exact) mass is 395 g/mol. The van der Waals surface area contributed by atoms with Gasteiger partial charge in [0.15, 0.2) is 5.82 Å². The standard InChI is InChI=1S/C18H28N6S.ClH/c1-2-17(18-19-20-21-24(18)14-16-8-5-13-25-16)23-11-9-22(10-12-23)15-6-3-4-7-15;/h5,8,13,15,17H,2-4,6-7,9-12,14H2,1H3;1H/p-1. The normalized spacial score (nSPS) is 21.0. The molecule has 144 valence electrons. The Morgan fingerprint density at radius 3 is 2.62 bits per heavy atom. The van der Waals surface area contributed by atoms with E-state index in [4.69, 9.17) is 0 Å². The maximum absolute atomic E-state index is 4.39. The van der Waals surface area contributed by atoms with Crippen molar-refractivity contribution in [3.05, 3.63) is 28.2 Å². The second-order valence-electron chi connectivity index (χ2n) is 7.21. The summed E-state index contributed by atoms with van der Waals surface area (Å²) in [5, 5.41) is 14.7. The van der Waals surface area contributed by atoms with Gasteiger partial charge in [0.25, 0.3) is 0 Å². The van der Waals surface area contributed by atoms with Crippen LogP contribution in [0.15, 0.2) is 17.5 Å². The molecule has 0 amide bonds. The fraction of sp³-hybridized carbons (Fsp3) is 0.722. The summed E-state index contributed by atoms with van der Waals surface area (Å²) in [5.41, 5.74) is 0. The molecule has 8 heteroatoms. The topological polar surface area (TPSA) is 50.1 Å². The third kappa shape index (κ3) is 4.27. The van der Waals surface area contributed by atoms with Crippen molar-refractivity contribution in [2.24, 2.45) is 0 Å². The van der Waals surface area contributed by atoms with Crippen molar-refractivity contribution in [2.75, 3.05) is 26.2 Å². The Morgan fingerprint density at radius 1 is 1.19 bits per heavy atom. The van der Waals surface area contributed by atoms with Crippen molar-refractivity contribution in [1.82, 2.24) is 30.0 Å². The minimum Gasteiger partial charge on any atom is -1.00 e. The quantitative estimate of drug-likeness (QED) is 0.678. The van der Waals surface area contributed by atoms with Gasteiger partial charge in [-0.25, -0.2) is 4.68 Å². The maximum atomic E-state index is 4.39. The van der Waals surface area contributed by atoms with Gasteiger partial charge in [0, 0.05) is 37.1 Å². The minimum atomic E-state index is 0. The first-order chi connectivity index (χ1) is 12.3. The van der Waals surface area contributed by atoms with Gasteiger partial charge in [-0.1, -0.05) is 25.8 Å². The van der Waals surface area contributed by atoms with Crippen LogP contribution in [-0.2, 0) is 6.54 Å². The number of hydrogen-bond donors (Lipinski definition) is 0. The molecule has 0 N–H and O–H groups in total. The van der Waals surface area contributed by atoms with Crippen molar-refractivity contribution in [3.8, 4) is 0 Å². The second-order valence-corrected chi connectivity index (χ2v) is 8.24. The van der Waals surface area contributed by atoms with Crippen molar-refractivity contribution in [1.29, 1.82) is 0 Å². The number of rotatable bonds is 6. The van der Waals surface area contributed by atoms with E-state index in [0.717, 1.165) is 37.9 Å². The van der Waals surface area contributed by atoms with E-state index < -0.39 is 0 Å². The molecule has 0 spiro atoms. The zero-order valence-corrected chi connectivity index (χ0v) is 17.0. The van der Waals surface area contributed by atoms with Crippen LogP contribution in [0.25, 0.3) is 0 Å². The lowest BCUT2D eigenvalue weighted by molar-refractivity contribution is -0.00000537. The zero-order valence-electron chi connectivity index (χ0n) is 15.4. The summed E-state index contributed by atoms with van der Waals surface area (Å²) in [6.07, 6.45) is 6.68. The van der Waals surface area contributed by atoms with Crippen molar-refractivity contribution >= 4 is 11.3 Å². The molecule has 6 nitrogen and oxygen atoms in total. The van der Waals surface area contributed by atoms with Gasteiger partial charge in [-0.15, -0.1) is 16.4 Å². The molecule has 1 aliphatic heterocycles. The SMILES string of the molecule is CCC(c1nnnn1Cc1cccs1)N1CCN(C2CCCC2)CC1.[Cl-]. The lowest BCUT2D eigenvalue weighted by atomic mass is 10.1. The second kappa shape index (κ2) is 9.26. The number of tetrazole rings is 1. The fourth-order valence-corrected chi connectivity index (χ4v) is 5.09. The third-order valence-corrected chi connectivity index (χ3v) is 6.62. The highest BCUT2D eigenvalue weighted by Gasteiger charge is 2.31. The van der Waals surface area contributed by atoms with Gasteiger partial charge in [0.05, 0.1) is 12.6 Å². The van der Waals surface area contributed by atoms with Crippen LogP contribution in [-0.4, -0.2) is 62.2 Å². The summed E-state index contributed by atoms with van der Waals surface area (Å²) in [4.78, 5) is 6.60. The van der Waals surface area contributed by atoms with Crippen LogP contribution in [0.2, 0.25) is 0 Å². The molecule has 26 heavy (non-hydrogen) atoms. The predicted octanol–water partition coefficient (Wildman–Crippen LogP) is -0.202. The van der Waals surface area contributed by atoms with Gasteiger partial charge in [0.2, 0.25) is 0 Å². The van der Waals surface area contributed by atoms with E-state index in [0.29, 0.717) is 6.04 Å². The first-order valence-electron chi connectivity index (χ1n) is 9.61. The van der Waals surface area contributed by atoms with E-state index in [1.54, 1.807) is 11.3 Å². The third-order valence-electron chi connectivity index (χ3n) is 5.76. The zero-order chi connectivity index (χ0) is 17.1. The molecule has 2 fully saturated rings. The van der Waals surface area contributed by atoms with Crippen molar-refractivity contribution in [2.45, 2.75) is 57.7 Å². The summed E-state index contributed by atoms with van der Waals surface area (Å²) < 4.78 is 1.99. The van der Waals surface area contributed by atoms with Gasteiger partial charge in [0.1, 0.15) is 0 Å². The molecule has 1 aliphatic carbocycles. The number of hydrogen-bond acceptors (Lipinski definition) is 6. The molecule has 0 radical (unpaired) electrons. The first kappa shape index (κ1) is 19.7.